The molecule has 0 bridgehead atoms. The maximum Gasteiger partial charge on any atom is 0.255 e. The van der Waals surface area contributed by atoms with Gasteiger partial charge in [-0.1, -0.05) is 13.0 Å². The lowest BCUT2D eigenvalue weighted by molar-refractivity contribution is 0.0949. The van der Waals surface area contributed by atoms with E-state index < -0.39 is 5.95 Å². The molecule has 0 radical (unpaired) electrons. The molecule has 2 aromatic heterocycles. The summed E-state index contributed by atoms with van der Waals surface area (Å²) in [6, 6.07) is 13.9. The van der Waals surface area contributed by atoms with Crippen LogP contribution >= 0.6 is 35.0 Å². The first-order valence-corrected chi connectivity index (χ1v) is 12.0. The summed E-state index contributed by atoms with van der Waals surface area (Å²) >= 11 is 2.17. The van der Waals surface area contributed by atoms with Gasteiger partial charge in [0.2, 0.25) is 0 Å². The number of hydrogen-bond donors (Lipinski definition) is 2. The zero-order chi connectivity index (χ0) is 24.1. The van der Waals surface area contributed by atoms with Crippen LogP contribution in [0.25, 0.3) is 21.8 Å². The van der Waals surface area contributed by atoms with E-state index >= 15 is 0 Å². The van der Waals surface area contributed by atoms with Crippen LogP contribution in [0.5, 0.6) is 5.75 Å². The van der Waals surface area contributed by atoms with Gasteiger partial charge < -0.3 is 15.0 Å². The molecule has 0 aliphatic heterocycles. The van der Waals surface area contributed by atoms with E-state index in [1.165, 1.54) is 12.3 Å². The summed E-state index contributed by atoms with van der Waals surface area (Å²) in [6.45, 7) is 4.66. The number of nitrogens with one attached hydrogen (secondary N) is 2. The predicted molar refractivity (Wildman–Crippen MR) is 146 cm³/mol. The molecule has 0 saturated heterocycles. The molecule has 10 heteroatoms. The third-order valence-electron chi connectivity index (χ3n) is 5.59. The van der Waals surface area contributed by atoms with Crippen LogP contribution in [0.1, 0.15) is 17.3 Å². The predicted octanol–water partition coefficient (Wildman–Crippen LogP) is 4.37. The summed E-state index contributed by atoms with van der Waals surface area (Å²) in [5, 5.41) is 4.02. The average Bonchev–Trinajstić information content (AvgIpc) is 2.84. The second-order valence-corrected chi connectivity index (χ2v) is 8.95. The van der Waals surface area contributed by atoms with Gasteiger partial charge in [-0.2, -0.15) is 4.39 Å². The van der Waals surface area contributed by atoms with E-state index in [1.807, 2.05) is 25.1 Å². The lowest BCUT2D eigenvalue weighted by atomic mass is 10.1. The zero-order valence-corrected chi connectivity index (χ0v) is 22.0. The molecular weight excluding hydrogens is 586 g/mol. The van der Waals surface area contributed by atoms with Crippen molar-refractivity contribution in [2.45, 2.75) is 6.92 Å². The smallest absolute Gasteiger partial charge is 0.255 e. The molecule has 0 spiro atoms. The molecule has 0 saturated carbocycles. The van der Waals surface area contributed by atoms with Gasteiger partial charge in [0.1, 0.15) is 6.61 Å². The van der Waals surface area contributed by atoms with E-state index in [2.05, 4.69) is 42.8 Å². The number of ether oxygens (including phenoxy) is 1. The second kappa shape index (κ2) is 12.3. The molecule has 2 aromatic carbocycles. The van der Waals surface area contributed by atoms with Gasteiger partial charge in [-0.25, -0.2) is 4.98 Å². The zero-order valence-electron chi connectivity index (χ0n) is 19.0. The first-order valence-electron chi connectivity index (χ1n) is 11.0. The molecule has 0 fully saturated rings. The molecule has 0 unspecified atom stereocenters. The number of hydrogen-bond acceptors (Lipinski definition) is 5. The summed E-state index contributed by atoms with van der Waals surface area (Å²) in [5.41, 5.74) is 1.55. The first kappa shape index (κ1) is 26.8. The van der Waals surface area contributed by atoms with Crippen molar-refractivity contribution in [3.63, 3.8) is 0 Å². The van der Waals surface area contributed by atoms with E-state index in [0.717, 1.165) is 10.1 Å². The molecule has 0 aliphatic carbocycles. The number of benzene rings is 2. The molecule has 7 nitrogen and oxygen atoms in total. The number of carbonyl (C=O) groups excluding carboxylic acids is 1. The van der Waals surface area contributed by atoms with E-state index in [0.29, 0.717) is 53.6 Å². The Hall–Kier alpha value is -2.76. The summed E-state index contributed by atoms with van der Waals surface area (Å²) < 4.78 is 20.0. The number of rotatable bonds is 9. The fourth-order valence-electron chi connectivity index (χ4n) is 3.77. The van der Waals surface area contributed by atoms with Gasteiger partial charge in [-0.05, 0) is 71.6 Å². The Morgan fingerprint density at radius 1 is 1.17 bits per heavy atom. The number of para-hydroxylation sites is 1. The Bertz CT molecular complexity index is 1400. The van der Waals surface area contributed by atoms with Crippen LogP contribution in [-0.2, 0) is 0 Å². The minimum atomic E-state index is -0.631. The van der Waals surface area contributed by atoms with Crippen molar-refractivity contribution >= 4 is 62.7 Å². The highest BCUT2D eigenvalue weighted by Crippen LogP contribution is 2.20. The van der Waals surface area contributed by atoms with Crippen molar-refractivity contribution in [1.29, 1.82) is 0 Å². The number of likely N-dealkylation sites (N-methyl/N-ethyl adjacent to an activating group) is 1. The largest absolute Gasteiger partial charge is 0.487 e. The normalized spacial score (nSPS) is 11.0. The third kappa shape index (κ3) is 6.28. The lowest BCUT2D eigenvalue weighted by Gasteiger charge is -2.20. The Kier molecular flexibility index (Phi) is 9.41. The molecule has 1 amide bonds. The number of pyridine rings is 2. The van der Waals surface area contributed by atoms with Crippen molar-refractivity contribution in [2.24, 2.45) is 0 Å². The molecule has 4 rings (SSSR count). The quantitative estimate of drug-likeness (QED) is 0.167. The highest BCUT2D eigenvalue weighted by atomic mass is 127. The van der Waals surface area contributed by atoms with Crippen molar-refractivity contribution in [2.75, 3.05) is 32.8 Å². The van der Waals surface area contributed by atoms with Gasteiger partial charge in [0, 0.05) is 45.7 Å². The van der Waals surface area contributed by atoms with E-state index in [1.54, 1.807) is 24.3 Å². The first-order chi connectivity index (χ1) is 16.5. The molecular formula is C25H25ClFIN4O3. The fourth-order valence-corrected chi connectivity index (χ4v) is 4.26. The van der Waals surface area contributed by atoms with Crippen molar-refractivity contribution < 1.29 is 13.9 Å². The van der Waals surface area contributed by atoms with E-state index in [9.17, 15) is 14.0 Å². The maximum atomic E-state index is 13.6. The number of aromatic amines is 1. The van der Waals surface area contributed by atoms with Crippen LogP contribution in [0.3, 0.4) is 0 Å². The van der Waals surface area contributed by atoms with Crippen molar-refractivity contribution in [3.05, 3.63) is 80.0 Å². The molecule has 0 atom stereocenters. The Balaban J connectivity index is 0.00000342. The number of carbonyl (C=O) groups is 1. The highest BCUT2D eigenvalue weighted by molar-refractivity contribution is 14.1. The van der Waals surface area contributed by atoms with Gasteiger partial charge in [0.05, 0.1) is 11.1 Å². The number of halogens is 3. The lowest BCUT2D eigenvalue weighted by Crippen LogP contribution is -2.37. The minimum Gasteiger partial charge on any atom is -0.487 e. The maximum absolute atomic E-state index is 13.6. The summed E-state index contributed by atoms with van der Waals surface area (Å²) in [7, 11) is 0. The van der Waals surface area contributed by atoms with Crippen molar-refractivity contribution in [3.8, 4) is 5.75 Å². The van der Waals surface area contributed by atoms with Crippen LogP contribution in [0.15, 0.2) is 59.5 Å². The minimum absolute atomic E-state index is 0. The highest BCUT2D eigenvalue weighted by Gasteiger charge is 2.14. The van der Waals surface area contributed by atoms with Crippen LogP contribution in [0.2, 0.25) is 0 Å². The molecule has 184 valence electrons. The SMILES string of the molecule is CCN(CCNC(=O)c1cccc2c(=O)c3cc(I)ccc3[nH]c12)CCOc1cccnc1F.Cl. The number of aromatic nitrogens is 2. The van der Waals surface area contributed by atoms with Gasteiger partial charge in [0.15, 0.2) is 11.2 Å². The summed E-state index contributed by atoms with van der Waals surface area (Å²) in [6.07, 6.45) is 1.37. The number of amides is 1. The number of fused-ring (bicyclic) bond motifs is 2. The Morgan fingerprint density at radius 2 is 2.00 bits per heavy atom. The van der Waals surface area contributed by atoms with Crippen molar-refractivity contribution in [1.82, 2.24) is 20.2 Å². The molecule has 0 aliphatic rings. The molecule has 4 aromatic rings. The summed E-state index contributed by atoms with van der Waals surface area (Å²) in [4.78, 5) is 34.8. The number of nitrogens with zero attached hydrogens (tertiary/aromatic N) is 2. The van der Waals surface area contributed by atoms with Crippen LogP contribution < -0.4 is 15.5 Å². The Morgan fingerprint density at radius 3 is 2.77 bits per heavy atom. The van der Waals surface area contributed by atoms with Gasteiger partial charge >= 0.3 is 0 Å². The van der Waals surface area contributed by atoms with Crippen LogP contribution in [0, 0.1) is 9.52 Å². The van der Waals surface area contributed by atoms with E-state index in [4.69, 9.17) is 4.74 Å². The fraction of sp³-hybridized carbons (Fsp3) is 0.240. The number of H-pyrrole nitrogens is 1. The van der Waals surface area contributed by atoms with Gasteiger partial charge in [0.25, 0.3) is 11.9 Å². The molecule has 35 heavy (non-hydrogen) atoms. The van der Waals surface area contributed by atoms with Crippen LogP contribution in [-0.4, -0.2) is 53.6 Å². The summed E-state index contributed by atoms with van der Waals surface area (Å²) in [5.74, 6) is -0.761. The topological polar surface area (TPSA) is 87.3 Å². The third-order valence-corrected chi connectivity index (χ3v) is 6.26. The second-order valence-electron chi connectivity index (χ2n) is 7.70. The molecule has 2 N–H and O–H groups in total. The van der Waals surface area contributed by atoms with E-state index in [-0.39, 0.29) is 29.5 Å². The van der Waals surface area contributed by atoms with Crippen LogP contribution in [0.4, 0.5) is 4.39 Å². The standard InChI is InChI=1S/C25H24FIN4O3.ClH/c1-2-31(13-14-34-21-7-4-10-28-24(21)26)12-11-29-25(33)18-6-3-5-17-22(18)30-20-9-8-16(27)15-19(20)23(17)32;/h3-10,15H,2,11-14H2,1H3,(H,29,33)(H,30,32);1H. The molecule has 2 heterocycles. The van der Waals surface area contributed by atoms with Gasteiger partial charge in [-0.3, -0.25) is 14.5 Å². The Labute approximate surface area is 221 Å². The average molecular weight is 611 g/mol. The van der Waals surface area contributed by atoms with Gasteiger partial charge in [-0.15, -0.1) is 12.4 Å². The monoisotopic (exact) mass is 610 g/mol.